The zero-order valence-corrected chi connectivity index (χ0v) is 8.27. The molecule has 0 unspecified atom stereocenters. The normalized spacial score (nSPS) is 43.0. The fourth-order valence-electron chi connectivity index (χ4n) is 3.00. The monoisotopic (exact) mass is 168 g/mol. The van der Waals surface area contributed by atoms with Gasteiger partial charge in [0.2, 0.25) is 0 Å². The van der Waals surface area contributed by atoms with E-state index in [-0.39, 0.29) is 0 Å². The molecule has 0 amide bonds. The van der Waals surface area contributed by atoms with Crippen LogP contribution in [0.25, 0.3) is 0 Å². The summed E-state index contributed by atoms with van der Waals surface area (Å²) >= 11 is 0. The maximum absolute atomic E-state index is 3.41. The van der Waals surface area contributed by atoms with Crippen LogP contribution < -0.4 is 5.32 Å². The van der Waals surface area contributed by atoms with E-state index in [9.17, 15) is 0 Å². The average molecular weight is 168 g/mol. The minimum absolute atomic E-state index is 0.591. The molecule has 1 aliphatic carbocycles. The van der Waals surface area contributed by atoms with Gasteiger partial charge in [-0.15, -0.1) is 0 Å². The molecule has 2 heteroatoms. The molecule has 2 nitrogen and oxygen atoms in total. The Morgan fingerprint density at radius 3 is 2.75 bits per heavy atom. The number of nitrogens with zero attached hydrogens (tertiary/aromatic N) is 1. The molecule has 1 spiro atoms. The Kier molecular flexibility index (Phi) is 2.13. The molecule has 0 aromatic carbocycles. The minimum Gasteiger partial charge on any atom is -0.317 e. The largest absolute Gasteiger partial charge is 0.317 e. The summed E-state index contributed by atoms with van der Waals surface area (Å²) in [6.07, 6.45) is 7.00. The smallest absolute Gasteiger partial charge is 0.0222 e. The highest BCUT2D eigenvalue weighted by Gasteiger charge is 2.44. The molecule has 1 aliphatic heterocycles. The van der Waals surface area contributed by atoms with Crippen LogP contribution in [-0.2, 0) is 0 Å². The van der Waals surface area contributed by atoms with E-state index in [1.807, 2.05) is 0 Å². The van der Waals surface area contributed by atoms with Gasteiger partial charge < -0.3 is 10.2 Å². The van der Waals surface area contributed by atoms with Crippen molar-refractivity contribution in [3.63, 3.8) is 0 Å². The summed E-state index contributed by atoms with van der Waals surface area (Å²) in [5, 5.41) is 3.41. The summed E-state index contributed by atoms with van der Waals surface area (Å²) in [6.45, 7) is 1.32. The van der Waals surface area contributed by atoms with Crippen LogP contribution in [0, 0.1) is 0 Å². The SMILES string of the molecule is CN[C@@H]1CC[C@@]2(CCCN2C)C1. The van der Waals surface area contributed by atoms with Crippen molar-refractivity contribution in [3.8, 4) is 0 Å². The highest BCUT2D eigenvalue weighted by molar-refractivity contribution is 5.02. The second kappa shape index (κ2) is 3.00. The van der Waals surface area contributed by atoms with Crippen LogP contribution in [-0.4, -0.2) is 37.1 Å². The van der Waals surface area contributed by atoms with Gasteiger partial charge in [-0.2, -0.15) is 0 Å². The molecule has 2 atom stereocenters. The Balaban J connectivity index is 2.04. The van der Waals surface area contributed by atoms with Crippen molar-refractivity contribution < 1.29 is 0 Å². The van der Waals surface area contributed by atoms with Gasteiger partial charge in [0.15, 0.2) is 0 Å². The second-order valence-electron chi connectivity index (χ2n) is 4.48. The highest BCUT2D eigenvalue weighted by atomic mass is 15.2. The maximum atomic E-state index is 3.41. The third kappa shape index (κ3) is 1.17. The lowest BCUT2D eigenvalue weighted by molar-refractivity contribution is 0.177. The van der Waals surface area contributed by atoms with Gasteiger partial charge in [0.1, 0.15) is 0 Å². The molecule has 70 valence electrons. The predicted molar refractivity (Wildman–Crippen MR) is 51.3 cm³/mol. The highest BCUT2D eigenvalue weighted by Crippen LogP contribution is 2.41. The molecule has 2 aliphatic rings. The van der Waals surface area contributed by atoms with Crippen LogP contribution in [0.1, 0.15) is 32.1 Å². The van der Waals surface area contributed by atoms with Gasteiger partial charge in [-0.1, -0.05) is 0 Å². The van der Waals surface area contributed by atoms with Crippen molar-refractivity contribution in [2.45, 2.75) is 43.7 Å². The third-order valence-corrected chi connectivity index (χ3v) is 3.94. The van der Waals surface area contributed by atoms with E-state index >= 15 is 0 Å². The second-order valence-corrected chi connectivity index (χ2v) is 4.48. The molecule has 0 bridgehead atoms. The Bertz CT molecular complexity index is 169. The molecule has 1 heterocycles. The Hall–Kier alpha value is -0.0800. The Morgan fingerprint density at radius 2 is 2.25 bits per heavy atom. The first-order chi connectivity index (χ1) is 5.77. The van der Waals surface area contributed by atoms with Crippen molar-refractivity contribution in [2.24, 2.45) is 0 Å². The zero-order chi connectivity index (χ0) is 8.60. The summed E-state index contributed by atoms with van der Waals surface area (Å²) in [5.74, 6) is 0. The van der Waals surface area contributed by atoms with Gasteiger partial charge in [0.25, 0.3) is 0 Å². The first-order valence-electron chi connectivity index (χ1n) is 5.15. The van der Waals surface area contributed by atoms with Gasteiger partial charge in [-0.3, -0.25) is 0 Å². The van der Waals surface area contributed by atoms with Crippen LogP contribution in [0.5, 0.6) is 0 Å². The van der Waals surface area contributed by atoms with Crippen LogP contribution in [0.2, 0.25) is 0 Å². The summed E-state index contributed by atoms with van der Waals surface area (Å²) < 4.78 is 0. The number of likely N-dealkylation sites (tertiary alicyclic amines) is 1. The summed E-state index contributed by atoms with van der Waals surface area (Å²) in [4.78, 5) is 2.59. The quantitative estimate of drug-likeness (QED) is 0.633. The number of rotatable bonds is 1. The standard InChI is InChI=1S/C10H20N2/c1-11-9-4-6-10(8-9)5-3-7-12(10)2/h9,11H,3-8H2,1-2H3/t9-,10+/m1/s1. The van der Waals surface area contributed by atoms with Gasteiger partial charge in [0, 0.05) is 11.6 Å². The minimum atomic E-state index is 0.591. The molecular formula is C10H20N2. The molecule has 1 saturated heterocycles. The lowest BCUT2D eigenvalue weighted by atomic mass is 9.94. The summed E-state index contributed by atoms with van der Waals surface area (Å²) in [5.41, 5.74) is 0.591. The molecular weight excluding hydrogens is 148 g/mol. The van der Waals surface area contributed by atoms with E-state index in [0.717, 1.165) is 6.04 Å². The van der Waals surface area contributed by atoms with E-state index in [2.05, 4.69) is 24.3 Å². The fraction of sp³-hybridized carbons (Fsp3) is 1.00. The molecule has 0 radical (unpaired) electrons. The van der Waals surface area contributed by atoms with Gasteiger partial charge in [-0.05, 0) is 52.7 Å². The van der Waals surface area contributed by atoms with Gasteiger partial charge >= 0.3 is 0 Å². The molecule has 2 fully saturated rings. The van der Waals surface area contributed by atoms with E-state index < -0.39 is 0 Å². The lowest BCUT2D eigenvalue weighted by Crippen LogP contribution is -2.40. The van der Waals surface area contributed by atoms with Crippen LogP contribution in [0.4, 0.5) is 0 Å². The number of hydrogen-bond donors (Lipinski definition) is 1. The van der Waals surface area contributed by atoms with Crippen LogP contribution in [0.3, 0.4) is 0 Å². The van der Waals surface area contributed by atoms with Crippen LogP contribution in [0.15, 0.2) is 0 Å². The van der Waals surface area contributed by atoms with Crippen molar-refractivity contribution in [1.29, 1.82) is 0 Å². The first-order valence-corrected chi connectivity index (χ1v) is 5.15. The first kappa shape index (κ1) is 8.52. The van der Waals surface area contributed by atoms with Gasteiger partial charge in [0.05, 0.1) is 0 Å². The molecule has 2 rings (SSSR count). The Labute approximate surface area is 75.3 Å². The fourth-order valence-corrected chi connectivity index (χ4v) is 3.00. The van der Waals surface area contributed by atoms with Crippen molar-refractivity contribution in [3.05, 3.63) is 0 Å². The average Bonchev–Trinajstić information content (AvgIpc) is 2.63. The molecule has 0 aromatic heterocycles. The number of hydrogen-bond acceptors (Lipinski definition) is 2. The summed E-state index contributed by atoms with van der Waals surface area (Å²) in [7, 11) is 4.39. The van der Waals surface area contributed by atoms with E-state index in [1.54, 1.807) is 0 Å². The maximum Gasteiger partial charge on any atom is 0.0222 e. The number of nitrogens with one attached hydrogen (secondary N) is 1. The molecule has 1 N–H and O–H groups in total. The van der Waals surface area contributed by atoms with Crippen LogP contribution >= 0.6 is 0 Å². The third-order valence-electron chi connectivity index (χ3n) is 3.94. The molecule has 1 saturated carbocycles. The van der Waals surface area contributed by atoms with Crippen molar-refractivity contribution in [2.75, 3.05) is 20.6 Å². The topological polar surface area (TPSA) is 15.3 Å². The van der Waals surface area contributed by atoms with E-state index in [1.165, 1.54) is 38.6 Å². The lowest BCUT2D eigenvalue weighted by Gasteiger charge is -2.32. The van der Waals surface area contributed by atoms with Crippen molar-refractivity contribution in [1.82, 2.24) is 10.2 Å². The zero-order valence-electron chi connectivity index (χ0n) is 8.27. The van der Waals surface area contributed by atoms with Crippen molar-refractivity contribution >= 4 is 0 Å². The van der Waals surface area contributed by atoms with Gasteiger partial charge in [-0.25, -0.2) is 0 Å². The summed E-state index contributed by atoms with van der Waals surface area (Å²) in [6, 6.07) is 0.783. The van der Waals surface area contributed by atoms with E-state index in [4.69, 9.17) is 0 Å². The molecule has 12 heavy (non-hydrogen) atoms. The predicted octanol–water partition coefficient (Wildman–Crippen LogP) is 1.22. The molecule has 0 aromatic rings. The van der Waals surface area contributed by atoms with E-state index in [0.29, 0.717) is 5.54 Å². The Morgan fingerprint density at radius 1 is 1.42 bits per heavy atom.